The molecule has 0 aromatic heterocycles. The van der Waals surface area contributed by atoms with E-state index in [2.05, 4.69) is 12.1 Å². The predicted octanol–water partition coefficient (Wildman–Crippen LogP) is 3.39. The average molecular weight is 224 g/mol. The number of carbonyl (C=O) groups is 1. The van der Waals surface area contributed by atoms with Crippen molar-refractivity contribution in [2.24, 2.45) is 0 Å². The van der Waals surface area contributed by atoms with Crippen LogP contribution >= 0.6 is 0 Å². The molecule has 0 amide bonds. The summed E-state index contributed by atoms with van der Waals surface area (Å²) in [6, 6.07) is 20.1. The Kier molecular flexibility index (Phi) is 3.38. The molecule has 0 bridgehead atoms. The van der Waals surface area contributed by atoms with Gasteiger partial charge in [0.05, 0.1) is 5.41 Å². The Labute approximate surface area is 102 Å². The van der Waals surface area contributed by atoms with Crippen molar-refractivity contribution in [2.45, 2.75) is 18.8 Å². The summed E-state index contributed by atoms with van der Waals surface area (Å²) >= 11 is 0. The highest BCUT2D eigenvalue weighted by Gasteiger charge is 2.25. The van der Waals surface area contributed by atoms with Crippen LogP contribution in [0.15, 0.2) is 60.7 Å². The summed E-state index contributed by atoms with van der Waals surface area (Å²) in [5.41, 5.74) is 1.81. The molecule has 2 aromatic carbocycles. The molecule has 1 atom stereocenters. The van der Waals surface area contributed by atoms with Gasteiger partial charge in [-0.25, -0.2) is 0 Å². The first-order chi connectivity index (χ1) is 8.24. The van der Waals surface area contributed by atoms with Crippen LogP contribution in [0.25, 0.3) is 0 Å². The number of rotatable bonds is 4. The Morgan fingerprint density at radius 1 is 0.941 bits per heavy atom. The number of hydrogen-bond donors (Lipinski definition) is 0. The van der Waals surface area contributed by atoms with Gasteiger partial charge in [-0.3, -0.25) is 0 Å². The molecule has 2 rings (SSSR count). The summed E-state index contributed by atoms with van der Waals surface area (Å²) in [7, 11) is 0. The zero-order valence-corrected chi connectivity index (χ0v) is 9.97. The summed E-state index contributed by atoms with van der Waals surface area (Å²) in [6.45, 7) is 1.99. The molecule has 0 saturated carbocycles. The smallest absolute Gasteiger partial charge is 0.130 e. The number of hydrogen-bond acceptors (Lipinski definition) is 1. The number of benzene rings is 2. The first-order valence-electron chi connectivity index (χ1n) is 5.80. The third-order valence-corrected chi connectivity index (χ3v) is 3.11. The van der Waals surface area contributed by atoms with E-state index in [4.69, 9.17) is 0 Å². The Morgan fingerprint density at radius 2 is 1.47 bits per heavy atom. The first-order valence-corrected chi connectivity index (χ1v) is 5.80. The second kappa shape index (κ2) is 4.96. The highest BCUT2D eigenvalue weighted by atomic mass is 16.1. The fraction of sp³-hybridized carbons (Fsp3) is 0.188. The van der Waals surface area contributed by atoms with Gasteiger partial charge in [-0.1, -0.05) is 60.7 Å². The van der Waals surface area contributed by atoms with Crippen molar-refractivity contribution in [1.82, 2.24) is 0 Å². The van der Waals surface area contributed by atoms with E-state index in [1.165, 1.54) is 5.56 Å². The third-order valence-electron chi connectivity index (χ3n) is 3.11. The van der Waals surface area contributed by atoms with Gasteiger partial charge in [-0.15, -0.1) is 0 Å². The quantitative estimate of drug-likeness (QED) is 0.727. The van der Waals surface area contributed by atoms with Crippen LogP contribution in [0.1, 0.15) is 18.1 Å². The largest absolute Gasteiger partial charge is 0.302 e. The van der Waals surface area contributed by atoms with Crippen molar-refractivity contribution in [3.05, 3.63) is 71.8 Å². The van der Waals surface area contributed by atoms with Crippen LogP contribution < -0.4 is 0 Å². The van der Waals surface area contributed by atoms with E-state index in [0.717, 1.165) is 18.3 Å². The Bertz CT molecular complexity index is 475. The maximum absolute atomic E-state index is 11.4. The molecule has 0 fully saturated rings. The van der Waals surface area contributed by atoms with Crippen LogP contribution in [-0.4, -0.2) is 6.29 Å². The Morgan fingerprint density at radius 3 is 2.00 bits per heavy atom. The molecule has 0 aliphatic carbocycles. The van der Waals surface area contributed by atoms with E-state index in [1.807, 2.05) is 55.5 Å². The van der Waals surface area contributed by atoms with E-state index >= 15 is 0 Å². The van der Waals surface area contributed by atoms with Gasteiger partial charge >= 0.3 is 0 Å². The van der Waals surface area contributed by atoms with Gasteiger partial charge in [0.15, 0.2) is 0 Å². The van der Waals surface area contributed by atoms with Crippen LogP contribution in [0.2, 0.25) is 0 Å². The molecule has 0 heterocycles. The monoisotopic (exact) mass is 224 g/mol. The van der Waals surface area contributed by atoms with Crippen molar-refractivity contribution >= 4 is 6.29 Å². The first kappa shape index (κ1) is 11.6. The van der Waals surface area contributed by atoms with Crippen molar-refractivity contribution in [1.29, 1.82) is 0 Å². The number of aldehydes is 1. The summed E-state index contributed by atoms with van der Waals surface area (Å²) < 4.78 is 0. The maximum Gasteiger partial charge on any atom is 0.130 e. The lowest BCUT2D eigenvalue weighted by atomic mass is 9.79. The average Bonchev–Trinajstić information content (AvgIpc) is 2.41. The lowest BCUT2D eigenvalue weighted by Crippen LogP contribution is -2.26. The molecule has 0 aliphatic heterocycles. The summed E-state index contributed by atoms with van der Waals surface area (Å²) in [4.78, 5) is 11.4. The third kappa shape index (κ3) is 2.62. The predicted molar refractivity (Wildman–Crippen MR) is 70.0 cm³/mol. The molecule has 1 nitrogen and oxygen atoms in total. The molecule has 1 heteroatoms. The molecule has 2 aromatic rings. The molecule has 0 radical (unpaired) electrons. The SMILES string of the molecule is CC(C=O)(Cc1ccccc1)c1ccccc1. The molecule has 86 valence electrons. The van der Waals surface area contributed by atoms with Gasteiger partial charge in [0, 0.05) is 0 Å². The van der Waals surface area contributed by atoms with E-state index in [-0.39, 0.29) is 0 Å². The van der Waals surface area contributed by atoms with Gasteiger partial charge in [0.25, 0.3) is 0 Å². The van der Waals surface area contributed by atoms with Crippen LogP contribution in [0.5, 0.6) is 0 Å². The summed E-state index contributed by atoms with van der Waals surface area (Å²) in [6.07, 6.45) is 1.79. The summed E-state index contributed by atoms with van der Waals surface area (Å²) in [5.74, 6) is 0. The van der Waals surface area contributed by atoms with Crippen LogP contribution in [0.3, 0.4) is 0 Å². The van der Waals surface area contributed by atoms with Gasteiger partial charge in [-0.05, 0) is 24.5 Å². The maximum atomic E-state index is 11.4. The summed E-state index contributed by atoms with van der Waals surface area (Å²) in [5, 5.41) is 0. The second-order valence-electron chi connectivity index (χ2n) is 4.56. The lowest BCUT2D eigenvalue weighted by molar-refractivity contribution is -0.112. The fourth-order valence-electron chi connectivity index (χ4n) is 2.05. The van der Waals surface area contributed by atoms with Gasteiger partial charge in [0.1, 0.15) is 6.29 Å². The van der Waals surface area contributed by atoms with Crippen LogP contribution in [-0.2, 0) is 16.6 Å². The van der Waals surface area contributed by atoms with Crippen molar-refractivity contribution in [3.63, 3.8) is 0 Å². The molecule has 1 unspecified atom stereocenters. The second-order valence-corrected chi connectivity index (χ2v) is 4.56. The number of carbonyl (C=O) groups excluding carboxylic acids is 1. The zero-order valence-electron chi connectivity index (χ0n) is 9.97. The topological polar surface area (TPSA) is 17.1 Å². The lowest BCUT2D eigenvalue weighted by Gasteiger charge is -2.23. The molecule has 17 heavy (non-hydrogen) atoms. The van der Waals surface area contributed by atoms with Crippen LogP contribution in [0, 0.1) is 0 Å². The minimum absolute atomic E-state index is 0.442. The minimum Gasteiger partial charge on any atom is -0.302 e. The molecule has 0 saturated heterocycles. The Balaban J connectivity index is 2.30. The normalized spacial score (nSPS) is 13.9. The molecule has 0 N–H and O–H groups in total. The van der Waals surface area contributed by atoms with Crippen LogP contribution in [0.4, 0.5) is 0 Å². The van der Waals surface area contributed by atoms with Crippen molar-refractivity contribution in [2.75, 3.05) is 0 Å². The molecular weight excluding hydrogens is 208 g/mol. The van der Waals surface area contributed by atoms with Crippen molar-refractivity contribution in [3.8, 4) is 0 Å². The highest BCUT2D eigenvalue weighted by Crippen LogP contribution is 2.25. The van der Waals surface area contributed by atoms with E-state index < -0.39 is 5.41 Å². The van der Waals surface area contributed by atoms with E-state index in [1.54, 1.807) is 0 Å². The minimum atomic E-state index is -0.442. The zero-order chi connectivity index (χ0) is 12.1. The van der Waals surface area contributed by atoms with Crippen molar-refractivity contribution < 1.29 is 4.79 Å². The van der Waals surface area contributed by atoms with E-state index in [0.29, 0.717) is 0 Å². The van der Waals surface area contributed by atoms with Gasteiger partial charge in [0.2, 0.25) is 0 Å². The van der Waals surface area contributed by atoms with E-state index in [9.17, 15) is 4.79 Å². The molecule has 0 aliphatic rings. The molecular formula is C16H16O. The standard InChI is InChI=1S/C16H16O/c1-16(13-17,15-10-6-3-7-11-15)12-14-8-4-2-5-9-14/h2-11,13H,12H2,1H3. The Hall–Kier alpha value is -1.89. The molecule has 0 spiro atoms. The van der Waals surface area contributed by atoms with Gasteiger partial charge < -0.3 is 4.79 Å². The fourth-order valence-corrected chi connectivity index (χ4v) is 2.05. The van der Waals surface area contributed by atoms with Gasteiger partial charge in [-0.2, -0.15) is 0 Å². The highest BCUT2D eigenvalue weighted by molar-refractivity contribution is 5.68.